The average Bonchev–Trinajstić information content (AvgIpc) is 2.47. The van der Waals surface area contributed by atoms with Gasteiger partial charge in [-0.3, -0.25) is 0 Å². The zero-order valence-electron chi connectivity index (χ0n) is 13.4. The fourth-order valence-corrected chi connectivity index (χ4v) is 4.03. The predicted molar refractivity (Wildman–Crippen MR) is 92.6 cm³/mol. The van der Waals surface area contributed by atoms with E-state index in [1.807, 2.05) is 12.1 Å². The maximum Gasteiger partial charge on any atom is 0.120 e. The summed E-state index contributed by atoms with van der Waals surface area (Å²) in [7, 11) is 0. The monoisotopic (exact) mass is 353 g/mol. The Labute approximate surface area is 137 Å². The Morgan fingerprint density at radius 3 is 2.67 bits per heavy atom. The van der Waals surface area contributed by atoms with Crippen LogP contribution in [0.5, 0.6) is 5.75 Å². The second-order valence-corrected chi connectivity index (χ2v) is 7.55. The van der Waals surface area contributed by atoms with E-state index in [0.29, 0.717) is 11.8 Å². The Morgan fingerprint density at radius 2 is 2.00 bits per heavy atom. The topological polar surface area (TPSA) is 32.3 Å². The molecule has 0 aromatic heterocycles. The number of hydrogen-bond donors (Lipinski definition) is 2. The van der Waals surface area contributed by atoms with Crippen LogP contribution >= 0.6 is 15.9 Å². The lowest BCUT2D eigenvalue weighted by Gasteiger charge is -2.37. The number of halogens is 1. The summed E-state index contributed by atoms with van der Waals surface area (Å²) < 4.78 is 1.03. The van der Waals surface area contributed by atoms with Gasteiger partial charge in [-0.05, 0) is 49.3 Å². The van der Waals surface area contributed by atoms with Gasteiger partial charge in [0, 0.05) is 22.1 Å². The molecule has 1 saturated carbocycles. The van der Waals surface area contributed by atoms with Crippen molar-refractivity contribution >= 4 is 15.9 Å². The molecule has 2 rings (SSSR count). The van der Waals surface area contributed by atoms with Crippen molar-refractivity contribution in [2.75, 3.05) is 0 Å². The van der Waals surface area contributed by atoms with Crippen LogP contribution < -0.4 is 5.32 Å². The molecule has 3 atom stereocenters. The van der Waals surface area contributed by atoms with Crippen molar-refractivity contribution in [3.63, 3.8) is 0 Å². The Morgan fingerprint density at radius 1 is 1.29 bits per heavy atom. The van der Waals surface area contributed by atoms with Crippen LogP contribution in [0.3, 0.4) is 0 Å². The Kier molecular flexibility index (Phi) is 6.12. The normalized spacial score (nSPS) is 24.2. The molecular weight excluding hydrogens is 326 g/mol. The van der Waals surface area contributed by atoms with Gasteiger partial charge in [0.05, 0.1) is 0 Å². The molecule has 1 aromatic rings. The highest BCUT2D eigenvalue weighted by Gasteiger charge is 2.29. The minimum atomic E-state index is 0.229. The fraction of sp³-hybridized carbons (Fsp3) is 0.667. The number of hydrogen-bond acceptors (Lipinski definition) is 2. The molecule has 1 fully saturated rings. The van der Waals surface area contributed by atoms with Crippen LogP contribution in [0.4, 0.5) is 0 Å². The number of phenolic OH excluding ortho intramolecular Hbond substituents is 1. The van der Waals surface area contributed by atoms with Gasteiger partial charge >= 0.3 is 0 Å². The molecule has 2 N–H and O–H groups in total. The average molecular weight is 354 g/mol. The van der Waals surface area contributed by atoms with Gasteiger partial charge in [0.1, 0.15) is 5.75 Å². The number of aromatic hydroxyl groups is 1. The molecule has 21 heavy (non-hydrogen) atoms. The molecule has 2 nitrogen and oxygen atoms in total. The molecule has 3 heteroatoms. The zero-order valence-corrected chi connectivity index (χ0v) is 15.0. The second kappa shape index (κ2) is 7.64. The summed E-state index contributed by atoms with van der Waals surface area (Å²) >= 11 is 3.52. The van der Waals surface area contributed by atoms with E-state index in [4.69, 9.17) is 0 Å². The lowest BCUT2D eigenvalue weighted by Crippen LogP contribution is -2.42. The van der Waals surface area contributed by atoms with E-state index in [9.17, 15) is 5.11 Å². The van der Waals surface area contributed by atoms with E-state index in [0.717, 1.165) is 28.3 Å². The smallest absolute Gasteiger partial charge is 0.120 e. The van der Waals surface area contributed by atoms with Gasteiger partial charge in [0.25, 0.3) is 0 Å². The molecular formula is C18H28BrNO. The highest BCUT2D eigenvalue weighted by atomic mass is 79.9. The standard InChI is InChI=1S/C18H28BrNO/c1-4-16(15-11-13(19)9-10-18(15)21)20-17-8-6-5-7-14(17)12(2)3/h9-12,14,16-17,20-21H,4-8H2,1-3H3. The molecule has 0 amide bonds. The molecule has 0 heterocycles. The van der Waals surface area contributed by atoms with Crippen LogP contribution in [0, 0.1) is 11.8 Å². The molecule has 1 aromatic carbocycles. The number of phenols is 1. The van der Waals surface area contributed by atoms with Crippen molar-refractivity contribution in [1.82, 2.24) is 5.32 Å². The molecule has 118 valence electrons. The minimum absolute atomic E-state index is 0.229. The summed E-state index contributed by atoms with van der Waals surface area (Å²) in [5.74, 6) is 1.87. The Bertz CT molecular complexity index is 461. The predicted octanol–water partition coefficient (Wildman–Crippen LogP) is 5.41. The van der Waals surface area contributed by atoms with E-state index in [1.165, 1.54) is 25.7 Å². The van der Waals surface area contributed by atoms with Gasteiger partial charge in [-0.1, -0.05) is 49.5 Å². The van der Waals surface area contributed by atoms with E-state index >= 15 is 0 Å². The molecule has 0 spiro atoms. The van der Waals surface area contributed by atoms with Gasteiger partial charge in [-0.25, -0.2) is 0 Å². The zero-order chi connectivity index (χ0) is 15.4. The lowest BCUT2D eigenvalue weighted by molar-refractivity contribution is 0.190. The summed E-state index contributed by atoms with van der Waals surface area (Å²) in [5.41, 5.74) is 1.01. The van der Waals surface area contributed by atoms with Gasteiger partial charge in [0.2, 0.25) is 0 Å². The first-order chi connectivity index (χ1) is 10.0. The van der Waals surface area contributed by atoms with Crippen LogP contribution in [-0.2, 0) is 0 Å². The van der Waals surface area contributed by atoms with Crippen molar-refractivity contribution in [2.45, 2.75) is 65.0 Å². The van der Waals surface area contributed by atoms with Crippen molar-refractivity contribution in [2.24, 2.45) is 11.8 Å². The van der Waals surface area contributed by atoms with Gasteiger partial charge in [0.15, 0.2) is 0 Å². The number of rotatable bonds is 5. The third kappa shape index (κ3) is 4.23. The van der Waals surface area contributed by atoms with Crippen molar-refractivity contribution in [3.05, 3.63) is 28.2 Å². The minimum Gasteiger partial charge on any atom is -0.508 e. The Hall–Kier alpha value is -0.540. The van der Waals surface area contributed by atoms with Crippen LogP contribution in [0.2, 0.25) is 0 Å². The van der Waals surface area contributed by atoms with Crippen LogP contribution in [-0.4, -0.2) is 11.1 Å². The molecule has 1 aliphatic rings. The molecule has 1 aliphatic carbocycles. The molecule has 0 aliphatic heterocycles. The van der Waals surface area contributed by atoms with E-state index in [-0.39, 0.29) is 6.04 Å². The summed E-state index contributed by atoms with van der Waals surface area (Å²) in [6, 6.07) is 6.52. The largest absolute Gasteiger partial charge is 0.508 e. The molecule has 0 saturated heterocycles. The van der Waals surface area contributed by atoms with Crippen LogP contribution in [0.25, 0.3) is 0 Å². The molecule has 0 bridgehead atoms. The van der Waals surface area contributed by atoms with Crippen LogP contribution in [0.15, 0.2) is 22.7 Å². The maximum absolute atomic E-state index is 10.2. The first kappa shape index (κ1) is 16.8. The summed E-state index contributed by atoms with van der Waals surface area (Å²) in [5, 5.41) is 14.0. The van der Waals surface area contributed by atoms with Crippen LogP contribution in [0.1, 0.15) is 64.5 Å². The summed E-state index contributed by atoms with van der Waals surface area (Å²) in [6.45, 7) is 6.86. The van der Waals surface area contributed by atoms with Gasteiger partial charge in [-0.2, -0.15) is 0 Å². The first-order valence-electron chi connectivity index (χ1n) is 8.27. The van der Waals surface area contributed by atoms with Crippen molar-refractivity contribution < 1.29 is 5.11 Å². The van der Waals surface area contributed by atoms with Gasteiger partial charge in [-0.15, -0.1) is 0 Å². The third-order valence-corrected chi connectivity index (χ3v) is 5.36. The summed E-state index contributed by atoms with van der Waals surface area (Å²) in [6.07, 6.45) is 6.26. The highest BCUT2D eigenvalue weighted by Crippen LogP contribution is 2.34. The molecule has 0 radical (unpaired) electrons. The SMILES string of the molecule is CCC(NC1CCCCC1C(C)C)c1cc(Br)ccc1O. The maximum atomic E-state index is 10.2. The van der Waals surface area contributed by atoms with E-state index in [1.54, 1.807) is 6.07 Å². The third-order valence-electron chi connectivity index (χ3n) is 4.86. The number of nitrogens with one attached hydrogen (secondary N) is 1. The summed E-state index contributed by atoms with van der Waals surface area (Å²) in [4.78, 5) is 0. The quantitative estimate of drug-likeness (QED) is 0.741. The van der Waals surface area contributed by atoms with E-state index in [2.05, 4.69) is 42.0 Å². The Balaban J connectivity index is 2.15. The van der Waals surface area contributed by atoms with E-state index < -0.39 is 0 Å². The second-order valence-electron chi connectivity index (χ2n) is 6.63. The van der Waals surface area contributed by atoms with Crippen molar-refractivity contribution in [3.8, 4) is 5.75 Å². The molecule has 3 unspecified atom stereocenters. The van der Waals surface area contributed by atoms with Gasteiger partial charge < -0.3 is 10.4 Å². The fourth-order valence-electron chi connectivity index (χ4n) is 3.65. The lowest BCUT2D eigenvalue weighted by atomic mass is 9.77. The number of benzene rings is 1. The highest BCUT2D eigenvalue weighted by molar-refractivity contribution is 9.10. The van der Waals surface area contributed by atoms with Crippen molar-refractivity contribution in [1.29, 1.82) is 0 Å². The first-order valence-corrected chi connectivity index (χ1v) is 9.06.